The number of ketones is 6. The van der Waals surface area contributed by atoms with Crippen LogP contribution in [0.4, 0.5) is 0 Å². The second-order valence-corrected chi connectivity index (χ2v) is 32.1. The molecule has 142 heavy (non-hydrogen) atoms. The number of carbonyl (C=O) groups is 6. The minimum Gasteiger partial charge on any atom is -0.512 e. The Bertz CT molecular complexity index is 6660. The van der Waals surface area contributed by atoms with E-state index >= 15 is 0 Å². The van der Waals surface area contributed by atoms with Crippen LogP contribution in [-0.4, -0.2) is 85.0 Å². The summed E-state index contributed by atoms with van der Waals surface area (Å²) >= 11 is 0. The Morgan fingerprint density at radius 2 is 0.732 bits per heavy atom. The standard InChI is InChI=1S/C21H14N.2C18H12NO.C15H10N.C15H16N.C14H12N.4C5H8O2.5Ir/c1-3-9-16(10-4-1)19-15-21(17-11-5-2-6-12-17)22-20-14-8-7-13-18(19)20;20-18(15-9-5-2-6-10-15)16-11-12-17(19-13-16)14-7-3-1-4-8-14;20-18(15-6-2-1-3-7-15)16-11-9-14(10-12-16)17-8-4-5-13-19-17;1-2-7-13(8-3-1)15-14-9-5-4-6-12(14)10-11-16-15;1-15(2,3)13-9-7-12(8-10-13)14-6-4-5-11-16-14;1-2-6-11(5-1)14-10-9-12-7-3-4-8-13(12)15-14;4*1-4(6)3-5(2)7;;;;;/h1-11,13-15H;1-7,9-13H;1-9,11-13H;1-7,9-11H;4-7,9-11H,1-3H3;3-4,7-10H,1-2,5H2;4*3,6H,1-2H3;;;;;/q6*-1;;;;;;;;;. The number of para-hydroxylation sites is 2. The first-order valence-corrected chi connectivity index (χ1v) is 44.3. The molecule has 0 atom stereocenters. The minimum atomic E-state index is -0.125. The Kier molecular flexibility index (Phi) is 54.8. The van der Waals surface area contributed by atoms with E-state index in [0.29, 0.717) is 22.3 Å². The van der Waals surface area contributed by atoms with Crippen LogP contribution in [0.3, 0.4) is 0 Å². The van der Waals surface area contributed by atoms with Gasteiger partial charge in [0.25, 0.3) is 0 Å². The molecule has 17 aromatic rings. The summed E-state index contributed by atoms with van der Waals surface area (Å²) in [6.07, 6.45) is 18.5. The maximum Gasteiger partial charge on any atom is 0.194 e. The van der Waals surface area contributed by atoms with Crippen molar-refractivity contribution in [1.29, 1.82) is 0 Å². The molecule has 18 rings (SSSR count). The largest absolute Gasteiger partial charge is 0.512 e. The van der Waals surface area contributed by atoms with Gasteiger partial charge in [-0.2, -0.15) is 5.57 Å². The maximum atomic E-state index is 12.3. The molecule has 21 heteroatoms. The van der Waals surface area contributed by atoms with Crippen LogP contribution < -0.4 is 0 Å². The number of aliphatic hydroxyl groups excluding tert-OH is 4. The number of rotatable bonds is 15. The van der Waals surface area contributed by atoms with Gasteiger partial charge in [-0.15, -0.1) is 185 Å². The molecule has 0 bridgehead atoms. The smallest absolute Gasteiger partial charge is 0.194 e. The molecule has 0 unspecified atom stereocenters. The summed E-state index contributed by atoms with van der Waals surface area (Å²) in [5, 5.41) is 38.2. The van der Waals surface area contributed by atoms with Gasteiger partial charge in [-0.3, -0.25) is 39.8 Å². The summed E-state index contributed by atoms with van der Waals surface area (Å²) in [6, 6.07) is 129. The molecule has 0 amide bonds. The number of allylic oxidation sites excluding steroid dienone is 10. The van der Waals surface area contributed by atoms with Gasteiger partial charge in [0.2, 0.25) is 0 Å². The molecule has 16 nitrogen and oxygen atoms in total. The van der Waals surface area contributed by atoms with Gasteiger partial charge in [0, 0.05) is 177 Å². The molecule has 1 aliphatic carbocycles. The van der Waals surface area contributed by atoms with Gasteiger partial charge in [-0.1, -0.05) is 245 Å². The Balaban J connectivity index is 0.000000336. The average Bonchev–Trinajstić information content (AvgIpc) is 0.852. The number of aliphatic hydroxyl groups is 4. The van der Waals surface area contributed by atoms with Gasteiger partial charge in [0.05, 0.1) is 28.6 Å². The summed E-state index contributed by atoms with van der Waals surface area (Å²) in [6.45, 7) is 18.0. The third kappa shape index (κ3) is 42.0. The molecule has 0 aliphatic heterocycles. The molecule has 11 aromatic carbocycles. The fourth-order valence-corrected chi connectivity index (χ4v) is 13.4. The third-order valence-corrected chi connectivity index (χ3v) is 19.6. The first kappa shape index (κ1) is 121. The summed E-state index contributed by atoms with van der Waals surface area (Å²) < 4.78 is 0. The molecule has 1 aliphatic rings. The van der Waals surface area contributed by atoms with Gasteiger partial charge >= 0.3 is 0 Å². The Labute approximate surface area is 900 Å². The fraction of sp³-hybridized carbons (Fsp3) is 0.124. The van der Waals surface area contributed by atoms with Gasteiger partial charge in [0.15, 0.2) is 34.7 Å². The number of fused-ring (bicyclic) bond motifs is 3. The number of benzene rings is 11. The summed E-state index contributed by atoms with van der Waals surface area (Å²) in [7, 11) is 0. The fourth-order valence-electron chi connectivity index (χ4n) is 13.4. The molecule has 6 aromatic heterocycles. The second-order valence-electron chi connectivity index (χ2n) is 32.1. The van der Waals surface area contributed by atoms with Gasteiger partial charge in [-0.05, 0) is 147 Å². The zero-order chi connectivity index (χ0) is 98.3. The quantitative estimate of drug-likeness (QED) is 0.0322. The molecule has 5 radical (unpaired) electrons. The minimum absolute atomic E-state index is 0. The van der Waals surface area contributed by atoms with Crippen molar-refractivity contribution in [3.63, 3.8) is 0 Å². The number of aromatic nitrogens is 6. The van der Waals surface area contributed by atoms with Crippen LogP contribution in [0.2, 0.25) is 0 Å². The Morgan fingerprint density at radius 3 is 1.16 bits per heavy atom. The first-order chi connectivity index (χ1) is 66.1. The number of hydrogen-bond donors (Lipinski definition) is 4. The van der Waals surface area contributed by atoms with Crippen LogP contribution in [0.25, 0.3) is 106 Å². The van der Waals surface area contributed by atoms with Crippen LogP contribution in [0.5, 0.6) is 0 Å². The van der Waals surface area contributed by atoms with Crippen molar-refractivity contribution in [2.75, 3.05) is 0 Å². The van der Waals surface area contributed by atoms with Crippen molar-refractivity contribution in [3.05, 3.63) is 488 Å². The van der Waals surface area contributed by atoms with Crippen molar-refractivity contribution in [2.24, 2.45) is 0 Å². The van der Waals surface area contributed by atoms with Crippen LogP contribution in [0.1, 0.15) is 139 Å². The average molecular weight is 2770 g/mol. The molecule has 6 heterocycles. The molecule has 0 spiro atoms. The van der Waals surface area contributed by atoms with E-state index in [-0.39, 0.29) is 164 Å². The van der Waals surface area contributed by atoms with Crippen molar-refractivity contribution in [1.82, 2.24) is 29.9 Å². The number of nitrogens with zero attached hydrogens (tertiary/aromatic N) is 6. The molecular formula is C121H108Ir5N6O10-6. The van der Waals surface area contributed by atoms with Gasteiger partial charge < -0.3 is 45.3 Å². The Morgan fingerprint density at radius 1 is 0.324 bits per heavy atom. The van der Waals surface area contributed by atoms with E-state index in [1.54, 1.807) is 42.9 Å². The van der Waals surface area contributed by atoms with E-state index in [1.807, 2.05) is 225 Å². The monoisotopic (exact) mass is 2770 g/mol. The molecular weight excluding hydrogens is 2660 g/mol. The molecule has 0 saturated heterocycles. The normalized spacial score (nSPS) is 10.9. The molecule has 0 fully saturated rings. The van der Waals surface area contributed by atoms with Crippen molar-refractivity contribution < 1.29 is 150 Å². The van der Waals surface area contributed by atoms with Crippen LogP contribution in [0, 0.1) is 36.4 Å². The number of hydrogen-bond acceptors (Lipinski definition) is 16. The third-order valence-electron chi connectivity index (χ3n) is 19.6. The summed E-state index contributed by atoms with van der Waals surface area (Å²) in [4.78, 5) is 91.4. The Hall–Kier alpha value is -13.7. The van der Waals surface area contributed by atoms with Gasteiger partial charge in [0.1, 0.15) is 0 Å². The second kappa shape index (κ2) is 64.6. The van der Waals surface area contributed by atoms with Crippen LogP contribution >= 0.6 is 0 Å². The van der Waals surface area contributed by atoms with Gasteiger partial charge in [-0.25, -0.2) is 0 Å². The zero-order valence-corrected chi connectivity index (χ0v) is 92.2. The number of carbonyl (C=O) groups excluding carboxylic acids is 6. The summed E-state index contributed by atoms with van der Waals surface area (Å²) in [5.74, 6) is -0.254. The van der Waals surface area contributed by atoms with Crippen molar-refractivity contribution >= 4 is 72.9 Å². The maximum absolute atomic E-state index is 12.3. The van der Waals surface area contributed by atoms with Crippen molar-refractivity contribution in [2.45, 2.75) is 101 Å². The van der Waals surface area contributed by atoms with E-state index in [4.69, 9.17) is 25.4 Å². The summed E-state index contributed by atoms with van der Waals surface area (Å²) in [5.41, 5.74) is 20.5. The molecule has 4 N–H and O–H groups in total. The molecule has 733 valence electrons. The van der Waals surface area contributed by atoms with E-state index in [1.165, 1.54) is 130 Å². The van der Waals surface area contributed by atoms with Crippen LogP contribution in [-0.2, 0) is 125 Å². The predicted octanol–water partition coefficient (Wildman–Crippen LogP) is 28.2. The zero-order valence-electron chi connectivity index (χ0n) is 80.2. The first-order valence-electron chi connectivity index (χ1n) is 44.3. The van der Waals surface area contributed by atoms with E-state index in [2.05, 4.69) is 185 Å². The predicted molar refractivity (Wildman–Crippen MR) is 552 cm³/mol. The van der Waals surface area contributed by atoms with E-state index < -0.39 is 0 Å². The van der Waals surface area contributed by atoms with Crippen LogP contribution in [0.15, 0.2) is 418 Å². The number of pyridine rings is 6. The SMILES string of the molecule is CC(=O)C=C(C)O.CC(=O)C=C(C)O.CC(=O)C=C(C)O.CC(=O)C=C(C)O.CC(C)(C)c1c[c-]c(-c2ccccn2)cc1.O=C(c1c[c-]c(-c2ccccn2)cc1)c1ccccc1.O=C(c1ccccc1)c1ccc(-c2[c-]cccc2)nc1.[C-]1=C(c2ccc3ccccc3n2)CCC1.[Ir].[Ir].[Ir].[Ir].[Ir].[c-]1ccccc1-c1cc(-c2ccccc2)c2ccccc2n1.[c-]1ccccc1-c1nccc2ccccc12. The molecule has 0 saturated carbocycles. The van der Waals surface area contributed by atoms with E-state index in [0.717, 1.165) is 85.9 Å². The van der Waals surface area contributed by atoms with E-state index in [9.17, 15) is 28.8 Å². The van der Waals surface area contributed by atoms with Crippen molar-refractivity contribution in [3.8, 4) is 67.4 Å². The topological polar surface area (TPSA) is 261 Å².